The molecule has 3 heteroatoms. The number of nitrogens with one attached hydrogen (secondary N) is 1. The molecular formula is C15H20N2S. The zero-order valence-electron chi connectivity index (χ0n) is 10.6. The Morgan fingerprint density at radius 3 is 2.61 bits per heavy atom. The lowest BCUT2D eigenvalue weighted by atomic mass is 10.1. The van der Waals surface area contributed by atoms with Crippen molar-refractivity contribution in [2.24, 2.45) is 0 Å². The van der Waals surface area contributed by atoms with Gasteiger partial charge in [0, 0.05) is 19.1 Å². The van der Waals surface area contributed by atoms with Gasteiger partial charge < -0.3 is 10.2 Å². The van der Waals surface area contributed by atoms with Crippen molar-refractivity contribution in [3.05, 3.63) is 61.7 Å². The number of hydrogen-bond acceptors (Lipinski definition) is 1. The molecule has 0 spiro atoms. The first-order valence-electron chi connectivity index (χ1n) is 6.00. The molecule has 1 aliphatic rings. The van der Waals surface area contributed by atoms with Crippen molar-refractivity contribution >= 4 is 17.3 Å². The maximum absolute atomic E-state index is 5.27. The third-order valence-corrected chi connectivity index (χ3v) is 3.11. The highest BCUT2D eigenvalue weighted by atomic mass is 32.1. The number of hydrogen-bond donors (Lipinski definition) is 1. The zero-order valence-corrected chi connectivity index (χ0v) is 11.5. The Labute approximate surface area is 115 Å². The second-order valence-corrected chi connectivity index (χ2v) is 4.42. The molecule has 0 aliphatic carbocycles. The Balaban J connectivity index is 0.000000771. The van der Waals surface area contributed by atoms with Crippen LogP contribution in [0.25, 0.3) is 0 Å². The molecule has 1 unspecified atom stereocenters. The first kappa shape index (κ1) is 14.5. The summed E-state index contributed by atoms with van der Waals surface area (Å²) in [5, 5.41) is 4.19. The molecule has 1 atom stereocenters. The molecule has 18 heavy (non-hydrogen) atoms. The van der Waals surface area contributed by atoms with Crippen LogP contribution < -0.4 is 5.32 Å². The minimum absolute atomic E-state index is 0.426. The summed E-state index contributed by atoms with van der Waals surface area (Å²) >= 11 is 5.27. The topological polar surface area (TPSA) is 15.3 Å². The van der Waals surface area contributed by atoms with Crippen LogP contribution in [0.5, 0.6) is 0 Å². The van der Waals surface area contributed by atoms with E-state index in [1.165, 1.54) is 5.56 Å². The van der Waals surface area contributed by atoms with Crippen LogP contribution in [0.15, 0.2) is 56.1 Å². The molecule has 1 aromatic rings. The van der Waals surface area contributed by atoms with Gasteiger partial charge in [0.25, 0.3) is 0 Å². The van der Waals surface area contributed by atoms with Gasteiger partial charge in [0.15, 0.2) is 5.11 Å². The van der Waals surface area contributed by atoms with Crippen LogP contribution in [0.3, 0.4) is 0 Å². The molecule has 0 aromatic heterocycles. The van der Waals surface area contributed by atoms with Gasteiger partial charge in [0.2, 0.25) is 0 Å². The highest BCUT2D eigenvalue weighted by Crippen LogP contribution is 2.10. The zero-order chi connectivity index (χ0) is 13.4. The van der Waals surface area contributed by atoms with Gasteiger partial charge in [-0.1, -0.05) is 36.4 Å². The van der Waals surface area contributed by atoms with E-state index >= 15 is 0 Å². The van der Waals surface area contributed by atoms with Gasteiger partial charge in [-0.05, 0) is 24.2 Å². The minimum atomic E-state index is 0.426. The van der Waals surface area contributed by atoms with Gasteiger partial charge in [-0.3, -0.25) is 0 Å². The molecule has 1 aromatic carbocycles. The van der Waals surface area contributed by atoms with Gasteiger partial charge in [0.1, 0.15) is 0 Å². The molecule has 0 radical (unpaired) electrons. The quantitative estimate of drug-likeness (QED) is 0.662. The predicted octanol–water partition coefficient (Wildman–Crippen LogP) is 2.78. The van der Waals surface area contributed by atoms with E-state index in [1.54, 1.807) is 0 Å². The van der Waals surface area contributed by atoms with E-state index in [0.29, 0.717) is 6.04 Å². The number of benzene rings is 1. The summed E-state index contributed by atoms with van der Waals surface area (Å²) in [6, 6.07) is 10.9. The largest absolute Gasteiger partial charge is 0.358 e. The van der Waals surface area contributed by atoms with Gasteiger partial charge in [-0.2, -0.15) is 0 Å². The van der Waals surface area contributed by atoms with Crippen molar-refractivity contribution in [3.8, 4) is 0 Å². The van der Waals surface area contributed by atoms with Crippen molar-refractivity contribution in [3.63, 3.8) is 0 Å². The van der Waals surface area contributed by atoms with Crippen LogP contribution in [-0.4, -0.2) is 29.1 Å². The molecule has 1 saturated heterocycles. The molecule has 0 amide bonds. The lowest BCUT2D eigenvalue weighted by Gasteiger charge is -2.13. The van der Waals surface area contributed by atoms with E-state index in [9.17, 15) is 0 Å². The van der Waals surface area contributed by atoms with Crippen LogP contribution in [0.1, 0.15) is 5.56 Å². The Kier molecular flexibility index (Phi) is 6.15. The second-order valence-electron chi connectivity index (χ2n) is 4.03. The molecule has 1 N–H and O–H groups in total. The smallest absolute Gasteiger partial charge is 0.169 e. The molecule has 0 bridgehead atoms. The van der Waals surface area contributed by atoms with Crippen molar-refractivity contribution in [1.29, 1.82) is 0 Å². The van der Waals surface area contributed by atoms with Crippen LogP contribution >= 0.6 is 12.2 Å². The summed E-state index contributed by atoms with van der Waals surface area (Å²) in [5.74, 6) is 0. The van der Waals surface area contributed by atoms with Gasteiger partial charge >= 0.3 is 0 Å². The van der Waals surface area contributed by atoms with Crippen molar-refractivity contribution in [2.45, 2.75) is 12.5 Å². The normalized spacial score (nSPS) is 17.7. The molecule has 2 rings (SSSR count). The second kappa shape index (κ2) is 7.67. The Morgan fingerprint density at radius 2 is 2.00 bits per heavy atom. The van der Waals surface area contributed by atoms with E-state index in [-0.39, 0.29) is 0 Å². The predicted molar refractivity (Wildman–Crippen MR) is 82.7 cm³/mol. The molecule has 0 saturated carbocycles. The number of thiocarbonyl (C=S) groups is 1. The van der Waals surface area contributed by atoms with Crippen LogP contribution in [-0.2, 0) is 6.42 Å². The molecular weight excluding hydrogens is 240 g/mol. The molecule has 1 aliphatic heterocycles. The lowest BCUT2D eigenvalue weighted by molar-refractivity contribution is 0.472. The fourth-order valence-corrected chi connectivity index (χ4v) is 2.30. The summed E-state index contributed by atoms with van der Waals surface area (Å²) in [7, 11) is 0. The Hall–Kier alpha value is -1.61. The Morgan fingerprint density at radius 1 is 1.33 bits per heavy atom. The van der Waals surface area contributed by atoms with Crippen molar-refractivity contribution in [1.82, 2.24) is 10.2 Å². The standard InChI is InChI=1S/C13H16N2S.C2H4/c1-2-8-15-10-12(14-13(15)16)9-11-6-4-3-5-7-11;1-2/h2-7,12H,1,8-10H2,(H,14,16);1-2H2. The van der Waals surface area contributed by atoms with E-state index in [4.69, 9.17) is 12.2 Å². The lowest BCUT2D eigenvalue weighted by Crippen LogP contribution is -2.29. The summed E-state index contributed by atoms with van der Waals surface area (Å²) < 4.78 is 0. The fourth-order valence-electron chi connectivity index (χ4n) is 1.99. The molecule has 1 heterocycles. The van der Waals surface area contributed by atoms with Crippen LogP contribution in [0.2, 0.25) is 0 Å². The maximum atomic E-state index is 5.27. The van der Waals surface area contributed by atoms with Crippen LogP contribution in [0.4, 0.5) is 0 Å². The molecule has 96 valence electrons. The minimum Gasteiger partial charge on any atom is -0.358 e. The summed E-state index contributed by atoms with van der Waals surface area (Å²) in [5.41, 5.74) is 1.35. The monoisotopic (exact) mass is 260 g/mol. The highest BCUT2D eigenvalue weighted by Gasteiger charge is 2.24. The van der Waals surface area contributed by atoms with E-state index in [2.05, 4.69) is 54.2 Å². The van der Waals surface area contributed by atoms with E-state index in [0.717, 1.165) is 24.6 Å². The first-order chi connectivity index (χ1) is 8.79. The van der Waals surface area contributed by atoms with Crippen molar-refractivity contribution < 1.29 is 0 Å². The third kappa shape index (κ3) is 4.00. The fraction of sp³-hybridized carbons (Fsp3) is 0.267. The number of nitrogens with zero attached hydrogens (tertiary/aromatic N) is 1. The van der Waals surface area contributed by atoms with Crippen LogP contribution in [0, 0.1) is 0 Å². The molecule has 1 fully saturated rings. The third-order valence-electron chi connectivity index (χ3n) is 2.73. The van der Waals surface area contributed by atoms with Gasteiger partial charge in [-0.25, -0.2) is 0 Å². The van der Waals surface area contributed by atoms with E-state index < -0.39 is 0 Å². The summed E-state index contributed by atoms with van der Waals surface area (Å²) in [6.07, 6.45) is 2.91. The number of rotatable bonds is 4. The average Bonchev–Trinajstić information content (AvgIpc) is 2.74. The maximum Gasteiger partial charge on any atom is 0.169 e. The molecule has 2 nitrogen and oxygen atoms in total. The van der Waals surface area contributed by atoms with Gasteiger partial charge in [0.05, 0.1) is 0 Å². The first-order valence-corrected chi connectivity index (χ1v) is 6.40. The summed E-state index contributed by atoms with van der Waals surface area (Å²) in [4.78, 5) is 2.15. The SMILES string of the molecule is C=C.C=CCN1CC(Cc2ccccc2)NC1=S. The summed E-state index contributed by atoms with van der Waals surface area (Å²) in [6.45, 7) is 11.5. The van der Waals surface area contributed by atoms with Gasteiger partial charge in [-0.15, -0.1) is 19.7 Å². The highest BCUT2D eigenvalue weighted by molar-refractivity contribution is 7.80. The Bertz CT molecular complexity index is 389. The van der Waals surface area contributed by atoms with Crippen molar-refractivity contribution in [2.75, 3.05) is 13.1 Å². The van der Waals surface area contributed by atoms with E-state index in [1.807, 2.05) is 12.1 Å². The average molecular weight is 260 g/mol.